The van der Waals surface area contributed by atoms with Crippen molar-refractivity contribution in [2.45, 2.75) is 125 Å². The summed E-state index contributed by atoms with van der Waals surface area (Å²) >= 11 is 0. The van der Waals surface area contributed by atoms with Crippen molar-refractivity contribution in [3.05, 3.63) is 106 Å². The van der Waals surface area contributed by atoms with Crippen molar-refractivity contribution >= 4 is 29.6 Å². The number of hydrogen-bond acceptors (Lipinski definition) is 11. The van der Waals surface area contributed by atoms with Crippen LogP contribution in [0.1, 0.15) is 124 Å². The highest BCUT2D eigenvalue weighted by atomic mass is 16.5. The van der Waals surface area contributed by atoms with E-state index in [1.165, 1.54) is 36.8 Å². The van der Waals surface area contributed by atoms with Crippen molar-refractivity contribution in [1.29, 1.82) is 0 Å². The fourth-order valence-electron chi connectivity index (χ4n) is 6.36. The number of rotatable bonds is 14. The lowest BCUT2D eigenvalue weighted by atomic mass is 10.0. The highest BCUT2D eigenvalue weighted by molar-refractivity contribution is 5.93. The Morgan fingerprint density at radius 3 is 1.74 bits per heavy atom. The van der Waals surface area contributed by atoms with Gasteiger partial charge in [0.1, 0.15) is 23.3 Å². The Hall–Kier alpha value is -4.87. The van der Waals surface area contributed by atoms with Crippen LogP contribution in [-0.2, 0) is 35.2 Å². The van der Waals surface area contributed by atoms with Crippen LogP contribution in [0.5, 0.6) is 0 Å². The predicted molar refractivity (Wildman–Crippen MR) is 233 cm³/mol. The molecule has 3 N–H and O–H groups in total. The Balaban J connectivity index is 0.000000263. The van der Waals surface area contributed by atoms with E-state index < -0.39 is 6.10 Å². The first-order valence-electron chi connectivity index (χ1n) is 20.1. The Kier molecular flexibility index (Phi) is 21.3. The van der Waals surface area contributed by atoms with Gasteiger partial charge in [-0.15, -0.1) is 0 Å². The molecule has 7 heterocycles. The number of carbonyl (C=O) groups excluding carboxylic acids is 1. The number of anilines is 2. The van der Waals surface area contributed by atoms with Gasteiger partial charge in [0, 0.05) is 80.0 Å². The standard InChI is InChI=1S/C20H26N4O.C20H24N4O.C4H8O.2CH4/c2*1-15-22-13-16(14-23-15)8-11-19(25)7-3-2-6-18-10-9-17-5-4-12-21-20(17)24-18;1-2-4-5-3-1;;/h8-11,13-14,19,25H,2-7,12H2,1H3,(H,21,24);8-11,13-14H,2-7,12H2,1H3,(H,21,24);1-4H2;2*1H4/b2*11-8+;;;/t19-;;;;/m1..../s1. The van der Waals surface area contributed by atoms with Crippen LogP contribution in [0.3, 0.4) is 0 Å². The number of aryl methyl sites for hydroxylation is 6. The average molecular weight is 779 g/mol. The Bertz CT molecular complexity index is 1800. The van der Waals surface area contributed by atoms with Gasteiger partial charge in [-0.05, 0) is 126 Å². The third kappa shape index (κ3) is 17.4. The highest BCUT2D eigenvalue weighted by Crippen LogP contribution is 2.22. The van der Waals surface area contributed by atoms with Gasteiger partial charge in [-0.2, -0.15) is 0 Å². The van der Waals surface area contributed by atoms with E-state index in [-0.39, 0.29) is 20.6 Å². The molecule has 11 nitrogen and oxygen atoms in total. The molecule has 308 valence electrons. The third-order valence-corrected chi connectivity index (χ3v) is 9.59. The average Bonchev–Trinajstić information content (AvgIpc) is 3.82. The van der Waals surface area contributed by atoms with E-state index in [0.29, 0.717) is 6.42 Å². The number of aliphatic hydroxyl groups is 1. The molecule has 3 aliphatic rings. The number of nitrogens with one attached hydrogen (secondary N) is 2. The molecule has 0 aromatic carbocycles. The molecule has 0 aliphatic carbocycles. The van der Waals surface area contributed by atoms with Crippen LogP contribution in [0.4, 0.5) is 11.6 Å². The Morgan fingerprint density at radius 2 is 1.23 bits per heavy atom. The van der Waals surface area contributed by atoms with E-state index in [9.17, 15) is 9.90 Å². The minimum absolute atomic E-state index is 0. The van der Waals surface area contributed by atoms with Gasteiger partial charge in [0.15, 0.2) is 5.78 Å². The van der Waals surface area contributed by atoms with Gasteiger partial charge in [-0.25, -0.2) is 29.9 Å². The fraction of sp³-hybridized carbons (Fsp3) is 0.500. The van der Waals surface area contributed by atoms with Crippen LogP contribution in [0.2, 0.25) is 0 Å². The maximum Gasteiger partial charge on any atom is 0.155 e. The summed E-state index contributed by atoms with van der Waals surface area (Å²) in [7, 11) is 0. The first-order chi connectivity index (χ1) is 26.9. The van der Waals surface area contributed by atoms with Crippen LogP contribution in [0.15, 0.2) is 61.2 Å². The van der Waals surface area contributed by atoms with E-state index in [4.69, 9.17) is 9.72 Å². The summed E-state index contributed by atoms with van der Waals surface area (Å²) in [6.45, 7) is 7.73. The van der Waals surface area contributed by atoms with Crippen LogP contribution in [0, 0.1) is 13.8 Å². The van der Waals surface area contributed by atoms with E-state index in [2.05, 4.69) is 59.8 Å². The molecule has 4 aromatic heterocycles. The van der Waals surface area contributed by atoms with Gasteiger partial charge >= 0.3 is 0 Å². The summed E-state index contributed by atoms with van der Waals surface area (Å²) in [5.74, 6) is 3.73. The minimum atomic E-state index is -0.431. The summed E-state index contributed by atoms with van der Waals surface area (Å²) in [6.07, 6.45) is 27.8. The number of ether oxygens (including phenoxy) is 1. The minimum Gasteiger partial charge on any atom is -0.389 e. The van der Waals surface area contributed by atoms with E-state index >= 15 is 0 Å². The number of carbonyl (C=O) groups is 1. The molecule has 3 aliphatic heterocycles. The quantitative estimate of drug-likeness (QED) is 0.0833. The van der Waals surface area contributed by atoms with Crippen molar-refractivity contribution in [1.82, 2.24) is 29.9 Å². The van der Waals surface area contributed by atoms with Gasteiger partial charge in [0.05, 0.1) is 6.10 Å². The van der Waals surface area contributed by atoms with Gasteiger partial charge in [-0.3, -0.25) is 4.79 Å². The van der Waals surface area contributed by atoms with Crippen molar-refractivity contribution in [3.63, 3.8) is 0 Å². The number of allylic oxidation sites excluding steroid dienone is 1. The van der Waals surface area contributed by atoms with Crippen molar-refractivity contribution in [2.75, 3.05) is 36.9 Å². The summed E-state index contributed by atoms with van der Waals surface area (Å²) in [5.41, 5.74) is 6.65. The Morgan fingerprint density at radius 1 is 0.719 bits per heavy atom. The maximum atomic E-state index is 11.9. The number of ketones is 1. The number of hydrogen-bond donors (Lipinski definition) is 3. The van der Waals surface area contributed by atoms with Crippen LogP contribution >= 0.6 is 0 Å². The molecule has 0 unspecified atom stereocenters. The first kappa shape index (κ1) is 46.5. The van der Waals surface area contributed by atoms with Crippen molar-refractivity contribution in [3.8, 4) is 0 Å². The smallest absolute Gasteiger partial charge is 0.155 e. The van der Waals surface area contributed by atoms with Gasteiger partial charge in [-0.1, -0.05) is 45.6 Å². The number of pyridine rings is 2. The molecule has 11 heteroatoms. The third-order valence-electron chi connectivity index (χ3n) is 9.59. The maximum absolute atomic E-state index is 11.9. The molecular formula is C46H66N8O3. The molecular weight excluding hydrogens is 713 g/mol. The second-order valence-electron chi connectivity index (χ2n) is 14.3. The lowest BCUT2D eigenvalue weighted by Gasteiger charge is -2.17. The molecule has 4 aromatic rings. The van der Waals surface area contributed by atoms with Crippen LogP contribution in [0.25, 0.3) is 12.2 Å². The lowest BCUT2D eigenvalue weighted by molar-refractivity contribution is -0.114. The van der Waals surface area contributed by atoms with Gasteiger partial charge < -0.3 is 20.5 Å². The summed E-state index contributed by atoms with van der Waals surface area (Å²) in [5, 5.41) is 16.8. The highest BCUT2D eigenvalue weighted by Gasteiger charge is 2.11. The zero-order valence-corrected chi connectivity index (χ0v) is 32.7. The second kappa shape index (κ2) is 26.1. The lowest BCUT2D eigenvalue weighted by Crippen LogP contribution is -2.14. The van der Waals surface area contributed by atoms with Crippen LogP contribution < -0.4 is 10.6 Å². The molecule has 0 spiro atoms. The second-order valence-corrected chi connectivity index (χ2v) is 14.3. The SMILES string of the molecule is C.C.C1CCOC1.Cc1ncc(/C=C/C(=O)CCCCc2ccc3c(n2)NCCC3)cn1.Cc1ncc(/C=C/[C@H](O)CCCCc2ccc3c(n2)NCCC3)cn1. The molecule has 1 fully saturated rings. The molecule has 7 rings (SSSR count). The van der Waals surface area contributed by atoms with E-state index in [1.54, 1.807) is 36.9 Å². The number of aromatic nitrogens is 6. The first-order valence-corrected chi connectivity index (χ1v) is 20.1. The van der Waals surface area contributed by atoms with E-state index in [0.717, 1.165) is 130 Å². The summed E-state index contributed by atoms with van der Waals surface area (Å²) < 4.78 is 4.94. The molecule has 0 bridgehead atoms. The topological polar surface area (TPSA) is 148 Å². The monoisotopic (exact) mass is 779 g/mol. The molecule has 57 heavy (non-hydrogen) atoms. The number of fused-ring (bicyclic) bond motifs is 2. The molecule has 0 radical (unpaired) electrons. The van der Waals surface area contributed by atoms with Crippen molar-refractivity contribution < 1.29 is 14.6 Å². The zero-order valence-electron chi connectivity index (χ0n) is 32.7. The zero-order chi connectivity index (χ0) is 38.5. The predicted octanol–water partition coefficient (Wildman–Crippen LogP) is 8.93. The fourth-order valence-corrected chi connectivity index (χ4v) is 6.36. The van der Waals surface area contributed by atoms with Crippen LogP contribution in [-0.4, -0.2) is 73.2 Å². The number of unbranched alkanes of at least 4 members (excludes halogenated alkanes) is 2. The van der Waals surface area contributed by atoms with Gasteiger partial charge in [0.25, 0.3) is 0 Å². The number of aliphatic hydroxyl groups excluding tert-OH is 1. The Labute approximate surface area is 341 Å². The summed E-state index contributed by atoms with van der Waals surface area (Å²) in [6, 6.07) is 8.64. The largest absolute Gasteiger partial charge is 0.389 e. The molecule has 1 atom stereocenters. The molecule has 0 saturated carbocycles. The van der Waals surface area contributed by atoms with Crippen molar-refractivity contribution in [2.24, 2.45) is 0 Å². The van der Waals surface area contributed by atoms with Gasteiger partial charge in [0.2, 0.25) is 0 Å². The summed E-state index contributed by atoms with van der Waals surface area (Å²) in [4.78, 5) is 37.8. The number of nitrogens with zero attached hydrogens (tertiary/aromatic N) is 6. The van der Waals surface area contributed by atoms with E-state index in [1.807, 2.05) is 26.0 Å². The molecule has 0 amide bonds. The normalized spacial score (nSPS) is 14.6. The molecule has 1 saturated heterocycles.